The fraction of sp³-hybridized carbons (Fsp3) is 0.500. The van der Waals surface area contributed by atoms with Crippen LogP contribution in [0.15, 0.2) is 18.2 Å². The second-order valence-electron chi connectivity index (χ2n) is 4.34. The van der Waals surface area contributed by atoms with Crippen molar-refractivity contribution in [2.45, 2.75) is 19.5 Å². The van der Waals surface area contributed by atoms with Crippen molar-refractivity contribution in [1.82, 2.24) is 10.2 Å². The van der Waals surface area contributed by atoms with E-state index in [9.17, 15) is 4.39 Å². The molecule has 0 unspecified atom stereocenters. The van der Waals surface area contributed by atoms with Crippen LogP contribution in [0, 0.1) is 5.82 Å². The maximum Gasteiger partial charge on any atom is 0.141 e. The molecule has 1 saturated heterocycles. The van der Waals surface area contributed by atoms with E-state index in [1.54, 1.807) is 12.1 Å². The largest absolute Gasteiger partial charge is 0.312 e. The molecule has 0 spiro atoms. The number of nitrogens with zero attached hydrogens (tertiary/aromatic N) is 1. The van der Waals surface area contributed by atoms with Crippen LogP contribution in [0.4, 0.5) is 4.39 Å². The van der Waals surface area contributed by atoms with Crippen molar-refractivity contribution in [3.05, 3.63) is 34.6 Å². The van der Waals surface area contributed by atoms with Crippen molar-refractivity contribution in [3.63, 3.8) is 0 Å². The molecule has 1 aromatic carbocycles. The molecule has 0 saturated carbocycles. The molecule has 1 N–H and O–H groups in total. The van der Waals surface area contributed by atoms with Crippen LogP contribution in [-0.4, -0.2) is 30.6 Å². The number of rotatable bonds is 2. The fourth-order valence-electron chi connectivity index (χ4n) is 2.05. The molecule has 1 atom stereocenters. The molecule has 1 aromatic rings. The molecule has 0 aliphatic carbocycles. The summed E-state index contributed by atoms with van der Waals surface area (Å²) in [5, 5.41) is 3.60. The predicted octanol–water partition coefficient (Wildman–Crippen LogP) is 2.27. The zero-order valence-electron chi connectivity index (χ0n) is 9.34. The Bertz CT molecular complexity index is 370. The Balaban J connectivity index is 2.00. The van der Waals surface area contributed by atoms with E-state index >= 15 is 0 Å². The first-order valence-electron chi connectivity index (χ1n) is 5.55. The van der Waals surface area contributed by atoms with Gasteiger partial charge in [-0.25, -0.2) is 4.39 Å². The fourth-order valence-corrected chi connectivity index (χ4v) is 2.26. The number of nitrogens with one attached hydrogen (secondary N) is 1. The zero-order valence-corrected chi connectivity index (χ0v) is 10.1. The van der Waals surface area contributed by atoms with Crippen LogP contribution in [0.3, 0.4) is 0 Å². The van der Waals surface area contributed by atoms with Crippen molar-refractivity contribution < 1.29 is 4.39 Å². The maximum absolute atomic E-state index is 13.0. The predicted molar refractivity (Wildman–Crippen MR) is 64.2 cm³/mol. The van der Waals surface area contributed by atoms with Crippen LogP contribution in [-0.2, 0) is 6.54 Å². The number of benzene rings is 1. The Hall–Kier alpha value is -0.640. The lowest BCUT2D eigenvalue weighted by atomic mass is 10.1. The lowest BCUT2D eigenvalue weighted by molar-refractivity contribution is 0.199. The van der Waals surface area contributed by atoms with Gasteiger partial charge in [0.25, 0.3) is 0 Å². The van der Waals surface area contributed by atoms with Gasteiger partial charge in [0.2, 0.25) is 0 Å². The Labute approximate surface area is 100 Å². The molecule has 2 nitrogen and oxygen atoms in total. The van der Waals surface area contributed by atoms with Crippen molar-refractivity contribution >= 4 is 11.6 Å². The number of hydrogen-bond acceptors (Lipinski definition) is 2. The first-order valence-corrected chi connectivity index (χ1v) is 5.92. The van der Waals surface area contributed by atoms with Gasteiger partial charge in [0.1, 0.15) is 5.82 Å². The summed E-state index contributed by atoms with van der Waals surface area (Å²) in [5.74, 6) is -0.348. The summed E-state index contributed by atoms with van der Waals surface area (Å²) in [6, 6.07) is 5.46. The SMILES string of the molecule is C[C@@H]1CN(Cc2ccc(F)c(Cl)c2)CCN1. The number of hydrogen-bond donors (Lipinski definition) is 1. The number of piperazine rings is 1. The van der Waals surface area contributed by atoms with Crippen LogP contribution in [0.1, 0.15) is 12.5 Å². The van der Waals surface area contributed by atoms with E-state index in [0.29, 0.717) is 6.04 Å². The lowest BCUT2D eigenvalue weighted by Gasteiger charge is -2.31. The molecule has 1 fully saturated rings. The highest BCUT2D eigenvalue weighted by Gasteiger charge is 2.15. The minimum atomic E-state index is -0.348. The van der Waals surface area contributed by atoms with Gasteiger partial charge in [0, 0.05) is 32.2 Å². The smallest absolute Gasteiger partial charge is 0.141 e. The summed E-state index contributed by atoms with van der Waals surface area (Å²) in [6.07, 6.45) is 0. The Morgan fingerprint density at radius 1 is 1.56 bits per heavy atom. The summed E-state index contributed by atoms with van der Waals surface area (Å²) >= 11 is 5.75. The first-order chi connectivity index (χ1) is 7.65. The van der Waals surface area contributed by atoms with Gasteiger partial charge < -0.3 is 5.32 Å². The van der Waals surface area contributed by atoms with E-state index < -0.39 is 0 Å². The van der Waals surface area contributed by atoms with Gasteiger partial charge in [-0.3, -0.25) is 4.90 Å². The highest BCUT2D eigenvalue weighted by Crippen LogP contribution is 2.17. The Morgan fingerprint density at radius 3 is 3.06 bits per heavy atom. The first kappa shape index (κ1) is 11.8. The van der Waals surface area contributed by atoms with E-state index in [4.69, 9.17) is 11.6 Å². The molecule has 88 valence electrons. The molecular formula is C12H16ClFN2. The van der Waals surface area contributed by atoms with Crippen LogP contribution in [0.25, 0.3) is 0 Å². The second-order valence-corrected chi connectivity index (χ2v) is 4.75. The third-order valence-corrected chi connectivity index (χ3v) is 3.13. The van der Waals surface area contributed by atoms with Crippen molar-refractivity contribution in [2.75, 3.05) is 19.6 Å². The average molecular weight is 243 g/mol. The molecule has 0 bridgehead atoms. The summed E-state index contributed by atoms with van der Waals surface area (Å²) < 4.78 is 13.0. The minimum Gasteiger partial charge on any atom is -0.312 e. The monoisotopic (exact) mass is 242 g/mol. The lowest BCUT2D eigenvalue weighted by Crippen LogP contribution is -2.48. The molecule has 0 radical (unpaired) electrons. The van der Waals surface area contributed by atoms with Gasteiger partial charge in [0.15, 0.2) is 0 Å². The van der Waals surface area contributed by atoms with Gasteiger partial charge in [-0.2, -0.15) is 0 Å². The average Bonchev–Trinajstić information content (AvgIpc) is 2.24. The highest BCUT2D eigenvalue weighted by molar-refractivity contribution is 6.30. The molecule has 1 heterocycles. The molecule has 16 heavy (non-hydrogen) atoms. The molecule has 4 heteroatoms. The van der Waals surface area contributed by atoms with Crippen LogP contribution in [0.5, 0.6) is 0 Å². The maximum atomic E-state index is 13.0. The molecule has 0 amide bonds. The standard InChI is InChI=1S/C12H16ClFN2/c1-9-7-16(5-4-15-9)8-10-2-3-12(14)11(13)6-10/h2-3,6,9,15H,4-5,7-8H2,1H3/t9-/m1/s1. The topological polar surface area (TPSA) is 15.3 Å². The van der Waals surface area contributed by atoms with Gasteiger partial charge in [-0.1, -0.05) is 17.7 Å². The third kappa shape index (κ3) is 2.94. The molecule has 2 rings (SSSR count). The summed E-state index contributed by atoms with van der Waals surface area (Å²) in [7, 11) is 0. The van der Waals surface area contributed by atoms with Crippen molar-refractivity contribution in [3.8, 4) is 0 Å². The second kappa shape index (κ2) is 5.13. The molecule has 0 aromatic heterocycles. The summed E-state index contributed by atoms with van der Waals surface area (Å²) in [5.41, 5.74) is 1.07. The quantitative estimate of drug-likeness (QED) is 0.856. The minimum absolute atomic E-state index is 0.209. The highest BCUT2D eigenvalue weighted by atomic mass is 35.5. The van der Waals surface area contributed by atoms with Crippen LogP contribution in [0.2, 0.25) is 5.02 Å². The van der Waals surface area contributed by atoms with Gasteiger partial charge in [-0.05, 0) is 24.6 Å². The summed E-state index contributed by atoms with van der Waals surface area (Å²) in [6.45, 7) is 6.07. The van der Waals surface area contributed by atoms with Crippen LogP contribution >= 0.6 is 11.6 Å². The molecular weight excluding hydrogens is 227 g/mol. The van der Waals surface area contributed by atoms with E-state index in [0.717, 1.165) is 31.7 Å². The Morgan fingerprint density at radius 2 is 2.38 bits per heavy atom. The number of halogens is 2. The van der Waals surface area contributed by atoms with Gasteiger partial charge >= 0.3 is 0 Å². The van der Waals surface area contributed by atoms with Crippen molar-refractivity contribution in [2.24, 2.45) is 0 Å². The third-order valence-electron chi connectivity index (χ3n) is 2.84. The summed E-state index contributed by atoms with van der Waals surface area (Å²) in [4.78, 5) is 2.35. The van der Waals surface area contributed by atoms with Crippen LogP contribution < -0.4 is 5.32 Å². The normalized spacial score (nSPS) is 22.3. The van der Waals surface area contributed by atoms with E-state index in [1.807, 2.05) is 0 Å². The molecule has 1 aliphatic rings. The zero-order chi connectivity index (χ0) is 11.5. The Kier molecular flexibility index (Phi) is 3.79. The van der Waals surface area contributed by atoms with E-state index in [-0.39, 0.29) is 10.8 Å². The van der Waals surface area contributed by atoms with Gasteiger partial charge in [0.05, 0.1) is 5.02 Å². The van der Waals surface area contributed by atoms with Crippen molar-refractivity contribution in [1.29, 1.82) is 0 Å². The van der Waals surface area contributed by atoms with Gasteiger partial charge in [-0.15, -0.1) is 0 Å². The van der Waals surface area contributed by atoms with E-state index in [2.05, 4.69) is 17.1 Å². The molecule has 1 aliphatic heterocycles. The van der Waals surface area contributed by atoms with E-state index in [1.165, 1.54) is 6.07 Å².